The molecule has 0 saturated carbocycles. The highest BCUT2D eigenvalue weighted by molar-refractivity contribution is 6.41. The molecule has 9 heteroatoms. The van der Waals surface area contributed by atoms with Gasteiger partial charge in [-0.15, -0.1) is 0 Å². The number of hydrogen-bond acceptors (Lipinski definition) is 7. The number of likely N-dealkylation sites (N-methyl/N-ethyl adjacent to an activating group) is 1. The average Bonchev–Trinajstić information content (AvgIpc) is 2.82. The van der Waals surface area contributed by atoms with E-state index in [1.165, 1.54) is 7.05 Å². The number of nitrogens with zero attached hydrogens (tertiary/aromatic N) is 1. The molecule has 4 N–H and O–H groups in total. The van der Waals surface area contributed by atoms with Gasteiger partial charge in [-0.25, -0.2) is 0 Å². The van der Waals surface area contributed by atoms with Crippen LogP contribution in [-0.4, -0.2) is 64.5 Å². The summed E-state index contributed by atoms with van der Waals surface area (Å²) >= 11 is 0. The molecule has 140 valence electrons. The molecule has 25 heavy (non-hydrogen) atoms. The maximum atomic E-state index is 12.5. The van der Waals surface area contributed by atoms with Gasteiger partial charge in [-0.1, -0.05) is 20.3 Å². The number of carbonyl (C=O) groups excluding carboxylic acids is 4. The Kier molecular flexibility index (Phi) is 7.38. The van der Waals surface area contributed by atoms with Gasteiger partial charge < -0.3 is 10.8 Å². The van der Waals surface area contributed by atoms with Crippen molar-refractivity contribution in [3.05, 3.63) is 0 Å². The molecule has 0 bridgehead atoms. The average molecular weight is 355 g/mol. The van der Waals surface area contributed by atoms with E-state index < -0.39 is 47.5 Å². The molecule has 2 amide bonds. The molecule has 1 aliphatic rings. The van der Waals surface area contributed by atoms with E-state index in [0.717, 1.165) is 4.90 Å². The van der Waals surface area contributed by atoms with Crippen LogP contribution in [0.3, 0.4) is 0 Å². The second kappa shape index (κ2) is 8.82. The number of amides is 2. The highest BCUT2D eigenvalue weighted by atomic mass is 16.4. The molecule has 0 aromatic carbocycles. The molecule has 0 aliphatic carbocycles. The number of Topliss-reactive ketones (excluding diaryl/α,β-unsaturated/α-hetero) is 2. The van der Waals surface area contributed by atoms with Gasteiger partial charge in [0.05, 0.1) is 24.5 Å². The number of carboxylic acid groups (broad SMARTS) is 1. The second-order valence-electron chi connectivity index (χ2n) is 6.34. The van der Waals surface area contributed by atoms with Crippen LogP contribution in [-0.2, 0) is 24.0 Å². The van der Waals surface area contributed by atoms with Crippen molar-refractivity contribution in [1.82, 2.24) is 10.2 Å². The highest BCUT2D eigenvalue weighted by Crippen LogP contribution is 2.14. The molecule has 1 heterocycles. The lowest BCUT2D eigenvalue weighted by atomic mass is 9.90. The summed E-state index contributed by atoms with van der Waals surface area (Å²) in [6.07, 6.45) is -0.0691. The van der Waals surface area contributed by atoms with Crippen LogP contribution < -0.4 is 11.1 Å². The number of hydrogen-bond donors (Lipinski definition) is 3. The van der Waals surface area contributed by atoms with Gasteiger partial charge in [0.1, 0.15) is 0 Å². The van der Waals surface area contributed by atoms with Gasteiger partial charge in [0, 0.05) is 13.5 Å². The molecule has 4 atom stereocenters. The van der Waals surface area contributed by atoms with E-state index in [0.29, 0.717) is 6.42 Å². The van der Waals surface area contributed by atoms with E-state index in [1.807, 2.05) is 6.92 Å². The van der Waals surface area contributed by atoms with E-state index in [1.54, 1.807) is 6.92 Å². The van der Waals surface area contributed by atoms with Crippen LogP contribution in [0.5, 0.6) is 0 Å². The summed E-state index contributed by atoms with van der Waals surface area (Å²) in [5, 5.41) is 11.5. The van der Waals surface area contributed by atoms with Crippen LogP contribution in [0.25, 0.3) is 0 Å². The molecule has 1 aliphatic heterocycles. The Morgan fingerprint density at radius 2 is 1.92 bits per heavy atom. The predicted molar refractivity (Wildman–Crippen MR) is 87.4 cm³/mol. The minimum absolute atomic E-state index is 0.141. The maximum absolute atomic E-state index is 12.5. The van der Waals surface area contributed by atoms with Crippen LogP contribution in [0, 0.1) is 5.92 Å². The zero-order valence-electron chi connectivity index (χ0n) is 14.7. The van der Waals surface area contributed by atoms with Crippen LogP contribution in [0.15, 0.2) is 0 Å². The van der Waals surface area contributed by atoms with Gasteiger partial charge in [-0.3, -0.25) is 34.2 Å². The van der Waals surface area contributed by atoms with Crippen molar-refractivity contribution < 1.29 is 29.1 Å². The van der Waals surface area contributed by atoms with Gasteiger partial charge >= 0.3 is 5.97 Å². The summed E-state index contributed by atoms with van der Waals surface area (Å²) in [5.41, 5.74) is 5.80. The van der Waals surface area contributed by atoms with E-state index >= 15 is 0 Å². The van der Waals surface area contributed by atoms with E-state index in [-0.39, 0.29) is 25.2 Å². The van der Waals surface area contributed by atoms with Crippen molar-refractivity contribution in [2.45, 2.75) is 57.7 Å². The number of likely N-dealkylation sites (tertiary alicyclic amines) is 1. The van der Waals surface area contributed by atoms with Crippen molar-refractivity contribution in [2.75, 3.05) is 7.05 Å². The minimum Gasteiger partial charge on any atom is -0.481 e. The fraction of sp³-hybridized carbons (Fsp3) is 0.688. The fourth-order valence-corrected chi connectivity index (χ4v) is 2.53. The zero-order chi connectivity index (χ0) is 19.3. The Morgan fingerprint density at radius 1 is 1.32 bits per heavy atom. The molecule has 1 saturated heterocycles. The Bertz CT molecular complexity index is 576. The fourth-order valence-electron chi connectivity index (χ4n) is 2.53. The first kappa shape index (κ1) is 20.9. The third kappa shape index (κ3) is 5.17. The van der Waals surface area contributed by atoms with Gasteiger partial charge in [0.2, 0.25) is 23.4 Å². The molecule has 1 unspecified atom stereocenters. The standard InChI is InChI=1S/C16H25N3O6/c1-4-8(2)13(17)15(24)14(23)9(5-6-12(21)22)18-10-7-11(20)19(3)16(10)25/h8-10,13,18H,4-7,17H2,1-3H3,(H,21,22)/t8-,9-,10-,13?/m0/s1. The number of rotatable bonds is 10. The molecule has 1 fully saturated rings. The third-order valence-corrected chi connectivity index (χ3v) is 4.55. The van der Waals surface area contributed by atoms with E-state index in [4.69, 9.17) is 10.8 Å². The lowest BCUT2D eigenvalue weighted by Gasteiger charge is -2.22. The molecular weight excluding hydrogens is 330 g/mol. The number of carbonyl (C=O) groups is 5. The summed E-state index contributed by atoms with van der Waals surface area (Å²) in [6, 6.07) is -3.12. The number of carboxylic acids is 1. The predicted octanol–water partition coefficient (Wildman–Crippen LogP) is -0.922. The van der Waals surface area contributed by atoms with Crippen molar-refractivity contribution in [3.8, 4) is 0 Å². The lowest BCUT2D eigenvalue weighted by molar-refractivity contribution is -0.141. The molecule has 0 aromatic rings. The number of ketones is 2. The van der Waals surface area contributed by atoms with Crippen molar-refractivity contribution in [1.29, 1.82) is 0 Å². The van der Waals surface area contributed by atoms with Crippen LogP contribution in [0.2, 0.25) is 0 Å². The SMILES string of the molecule is CC[C@H](C)C(N)C(=O)C(=O)[C@H](CCC(=O)O)N[C@H]1CC(=O)N(C)C1=O. The van der Waals surface area contributed by atoms with E-state index in [9.17, 15) is 24.0 Å². The van der Waals surface area contributed by atoms with Gasteiger partial charge in [-0.05, 0) is 12.3 Å². The Balaban J connectivity index is 2.90. The van der Waals surface area contributed by atoms with Crippen molar-refractivity contribution in [3.63, 3.8) is 0 Å². The molecule has 1 rings (SSSR count). The molecule has 9 nitrogen and oxygen atoms in total. The number of nitrogens with one attached hydrogen (secondary N) is 1. The van der Waals surface area contributed by atoms with Crippen molar-refractivity contribution >= 4 is 29.4 Å². The second-order valence-corrected chi connectivity index (χ2v) is 6.34. The highest BCUT2D eigenvalue weighted by Gasteiger charge is 2.40. The van der Waals surface area contributed by atoms with Gasteiger partial charge in [-0.2, -0.15) is 0 Å². The van der Waals surface area contributed by atoms with Crippen LogP contribution in [0.1, 0.15) is 39.5 Å². The summed E-state index contributed by atoms with van der Waals surface area (Å²) in [7, 11) is 1.32. The van der Waals surface area contributed by atoms with Crippen LogP contribution >= 0.6 is 0 Å². The smallest absolute Gasteiger partial charge is 0.303 e. The minimum atomic E-state index is -1.17. The number of imide groups is 1. The Labute approximate surface area is 145 Å². The quantitative estimate of drug-likeness (QED) is 0.337. The molecular formula is C16H25N3O6. The van der Waals surface area contributed by atoms with Crippen molar-refractivity contribution in [2.24, 2.45) is 11.7 Å². The summed E-state index contributed by atoms with van der Waals surface area (Å²) < 4.78 is 0. The van der Waals surface area contributed by atoms with E-state index in [2.05, 4.69) is 5.32 Å². The molecule has 0 spiro atoms. The monoisotopic (exact) mass is 355 g/mol. The first-order chi connectivity index (χ1) is 11.6. The normalized spacial score (nSPS) is 21.1. The summed E-state index contributed by atoms with van der Waals surface area (Å²) in [4.78, 5) is 60.1. The summed E-state index contributed by atoms with van der Waals surface area (Å²) in [6.45, 7) is 3.57. The van der Waals surface area contributed by atoms with Gasteiger partial charge in [0.15, 0.2) is 0 Å². The first-order valence-corrected chi connectivity index (χ1v) is 8.22. The first-order valence-electron chi connectivity index (χ1n) is 8.22. The largest absolute Gasteiger partial charge is 0.481 e. The Morgan fingerprint density at radius 3 is 2.36 bits per heavy atom. The number of aliphatic carboxylic acids is 1. The van der Waals surface area contributed by atoms with Crippen LogP contribution in [0.4, 0.5) is 0 Å². The third-order valence-electron chi connectivity index (χ3n) is 4.55. The zero-order valence-corrected chi connectivity index (χ0v) is 14.7. The summed E-state index contributed by atoms with van der Waals surface area (Å²) in [5.74, 6) is -3.93. The topological polar surface area (TPSA) is 147 Å². The molecule has 0 aromatic heterocycles. The number of nitrogens with two attached hydrogens (primary N) is 1. The Hall–Kier alpha value is -2.13. The van der Waals surface area contributed by atoms with Gasteiger partial charge in [0.25, 0.3) is 0 Å². The maximum Gasteiger partial charge on any atom is 0.303 e. The molecule has 0 radical (unpaired) electrons. The lowest BCUT2D eigenvalue weighted by Crippen LogP contribution is -2.52.